The van der Waals surface area contributed by atoms with Crippen molar-refractivity contribution in [1.29, 1.82) is 5.26 Å². The molecule has 218 valence electrons. The Labute approximate surface area is 270 Å². The van der Waals surface area contributed by atoms with Crippen LogP contribution in [0.1, 0.15) is 5.56 Å². The first-order valence-electron chi connectivity index (χ1n) is 15.9. The van der Waals surface area contributed by atoms with Crippen LogP contribution in [0.5, 0.6) is 0 Å². The van der Waals surface area contributed by atoms with Crippen molar-refractivity contribution in [3.63, 3.8) is 0 Å². The van der Waals surface area contributed by atoms with E-state index in [9.17, 15) is 5.26 Å². The molecule has 0 atom stereocenters. The van der Waals surface area contributed by atoms with Crippen molar-refractivity contribution >= 4 is 65.4 Å². The van der Waals surface area contributed by atoms with Gasteiger partial charge in [-0.25, -0.2) is 0 Å². The zero-order valence-electron chi connectivity index (χ0n) is 25.3. The Morgan fingerprint density at radius 2 is 0.830 bits per heavy atom. The second kappa shape index (κ2) is 9.71. The average Bonchev–Trinajstić information content (AvgIpc) is 3.78. The number of hydrogen-bond acceptors (Lipinski definition) is 1. The highest BCUT2D eigenvalue weighted by Crippen LogP contribution is 2.44. The summed E-state index contributed by atoms with van der Waals surface area (Å²) in [5.41, 5.74) is 10.3. The molecule has 0 fully saturated rings. The summed E-state index contributed by atoms with van der Waals surface area (Å²) in [6, 6.07) is 58.1. The van der Waals surface area contributed by atoms with Gasteiger partial charge in [-0.15, -0.1) is 0 Å². The molecule has 0 aliphatic rings. The van der Waals surface area contributed by atoms with E-state index < -0.39 is 0 Å². The van der Waals surface area contributed by atoms with Crippen LogP contribution in [0, 0.1) is 11.3 Å². The summed E-state index contributed by atoms with van der Waals surface area (Å²) in [6.45, 7) is 0. The summed E-state index contributed by atoms with van der Waals surface area (Å²) in [5, 5.41) is 17.8. The molecule has 47 heavy (non-hydrogen) atoms. The SMILES string of the molecule is N#Cc1ccc2c3ccccc3n(-c3ccccc3)c2c1-n1c2ccccc2c2c1ccc1c3ccccc3n(-c3ccccc3)c12. The fourth-order valence-corrected chi connectivity index (χ4v) is 7.80. The van der Waals surface area contributed by atoms with Gasteiger partial charge in [0, 0.05) is 43.7 Å². The second-order valence-corrected chi connectivity index (χ2v) is 12.1. The van der Waals surface area contributed by atoms with E-state index in [2.05, 4.69) is 165 Å². The molecule has 0 aliphatic heterocycles. The van der Waals surface area contributed by atoms with E-state index in [0.29, 0.717) is 5.56 Å². The van der Waals surface area contributed by atoms with E-state index in [4.69, 9.17) is 0 Å². The van der Waals surface area contributed by atoms with Crippen LogP contribution < -0.4 is 0 Å². The minimum Gasteiger partial charge on any atom is -0.309 e. The van der Waals surface area contributed by atoms with Gasteiger partial charge in [-0.05, 0) is 54.6 Å². The Morgan fingerprint density at radius 1 is 0.362 bits per heavy atom. The van der Waals surface area contributed by atoms with Gasteiger partial charge in [0.25, 0.3) is 0 Å². The van der Waals surface area contributed by atoms with Crippen molar-refractivity contribution in [2.24, 2.45) is 0 Å². The molecule has 3 heterocycles. The molecule has 4 heteroatoms. The highest BCUT2D eigenvalue weighted by atomic mass is 15.1. The quantitative estimate of drug-likeness (QED) is 0.199. The van der Waals surface area contributed by atoms with E-state index in [1.165, 1.54) is 27.2 Å². The number of hydrogen-bond donors (Lipinski definition) is 0. The zero-order chi connectivity index (χ0) is 31.1. The molecule has 3 aromatic heterocycles. The number of nitrogens with zero attached hydrogens (tertiary/aromatic N) is 4. The highest BCUT2D eigenvalue weighted by molar-refractivity contribution is 6.26. The number of aromatic nitrogens is 3. The van der Waals surface area contributed by atoms with Crippen molar-refractivity contribution in [2.75, 3.05) is 0 Å². The molecule has 0 radical (unpaired) electrons. The fourth-order valence-electron chi connectivity index (χ4n) is 7.80. The maximum absolute atomic E-state index is 10.7. The van der Waals surface area contributed by atoms with Gasteiger partial charge in [-0.1, -0.05) is 103 Å². The Morgan fingerprint density at radius 3 is 1.43 bits per heavy atom. The molecule has 0 N–H and O–H groups in total. The van der Waals surface area contributed by atoms with Gasteiger partial charge in [-0.2, -0.15) is 5.26 Å². The predicted molar refractivity (Wildman–Crippen MR) is 194 cm³/mol. The lowest BCUT2D eigenvalue weighted by Gasteiger charge is -2.16. The molecule has 0 bridgehead atoms. The van der Waals surface area contributed by atoms with Crippen LogP contribution in [0.3, 0.4) is 0 Å². The maximum Gasteiger partial charge on any atom is 0.101 e. The van der Waals surface area contributed by atoms with Gasteiger partial charge in [0.15, 0.2) is 0 Å². The zero-order valence-corrected chi connectivity index (χ0v) is 25.3. The van der Waals surface area contributed by atoms with Gasteiger partial charge in [-0.3, -0.25) is 0 Å². The molecule has 0 saturated carbocycles. The standard InChI is InChI=1S/C43H26N4/c44-27-28-23-24-34-32-18-8-11-21-37(32)46(30-15-5-2-6-16-30)43(34)41(28)47-38-22-12-9-19-35(38)40-39(47)26-25-33-31-17-7-10-20-36(31)45(42(33)40)29-13-3-1-4-14-29/h1-26H. The van der Waals surface area contributed by atoms with Crippen molar-refractivity contribution in [3.05, 3.63) is 163 Å². The molecule has 10 aromatic rings. The first-order chi connectivity index (χ1) is 23.3. The number of benzene rings is 7. The summed E-state index contributed by atoms with van der Waals surface area (Å²) in [5.74, 6) is 0. The number of nitriles is 1. The van der Waals surface area contributed by atoms with Gasteiger partial charge in [0.05, 0.1) is 44.4 Å². The Hall–Kier alpha value is -6.57. The van der Waals surface area contributed by atoms with Crippen LogP contribution >= 0.6 is 0 Å². The second-order valence-electron chi connectivity index (χ2n) is 12.1. The minimum absolute atomic E-state index is 0.629. The molecule has 10 rings (SSSR count). The van der Waals surface area contributed by atoms with Crippen LogP contribution in [0.4, 0.5) is 0 Å². The molecule has 7 aromatic carbocycles. The summed E-state index contributed by atoms with van der Waals surface area (Å²) in [7, 11) is 0. The Balaban J connectivity index is 1.46. The van der Waals surface area contributed by atoms with Crippen molar-refractivity contribution in [2.45, 2.75) is 0 Å². The molecule has 0 aliphatic carbocycles. The van der Waals surface area contributed by atoms with Crippen LogP contribution in [0.2, 0.25) is 0 Å². The summed E-state index contributed by atoms with van der Waals surface area (Å²) < 4.78 is 7.05. The lowest BCUT2D eigenvalue weighted by Crippen LogP contribution is -2.03. The summed E-state index contributed by atoms with van der Waals surface area (Å²) >= 11 is 0. The molecule has 0 unspecified atom stereocenters. The van der Waals surface area contributed by atoms with E-state index in [1.54, 1.807) is 0 Å². The lowest BCUT2D eigenvalue weighted by atomic mass is 10.1. The van der Waals surface area contributed by atoms with Crippen LogP contribution in [-0.2, 0) is 0 Å². The number of rotatable bonds is 3. The minimum atomic E-state index is 0.629. The Bertz CT molecular complexity index is 2900. The van der Waals surface area contributed by atoms with Crippen molar-refractivity contribution in [3.8, 4) is 23.1 Å². The molecular formula is C43H26N4. The maximum atomic E-state index is 10.7. The smallest absolute Gasteiger partial charge is 0.101 e. The molecule has 0 saturated heterocycles. The van der Waals surface area contributed by atoms with E-state index in [-0.39, 0.29) is 0 Å². The first kappa shape index (κ1) is 25.7. The monoisotopic (exact) mass is 598 g/mol. The number of para-hydroxylation sites is 5. The third-order valence-corrected chi connectivity index (χ3v) is 9.65. The van der Waals surface area contributed by atoms with Crippen LogP contribution in [0.15, 0.2) is 158 Å². The largest absolute Gasteiger partial charge is 0.309 e. The average molecular weight is 599 g/mol. The normalized spacial score (nSPS) is 11.8. The first-order valence-corrected chi connectivity index (χ1v) is 15.9. The lowest BCUT2D eigenvalue weighted by molar-refractivity contribution is 1.12. The molecule has 4 nitrogen and oxygen atoms in total. The van der Waals surface area contributed by atoms with Crippen molar-refractivity contribution in [1.82, 2.24) is 13.7 Å². The van der Waals surface area contributed by atoms with Crippen molar-refractivity contribution < 1.29 is 0 Å². The van der Waals surface area contributed by atoms with E-state index in [1.807, 2.05) is 12.1 Å². The molecule has 0 spiro atoms. The van der Waals surface area contributed by atoms with Crippen LogP contribution in [0.25, 0.3) is 82.5 Å². The topological polar surface area (TPSA) is 38.6 Å². The Kier molecular flexibility index (Phi) is 5.32. The third kappa shape index (κ3) is 3.46. The molecule has 0 amide bonds. The van der Waals surface area contributed by atoms with Gasteiger partial charge in [0.2, 0.25) is 0 Å². The van der Waals surface area contributed by atoms with E-state index in [0.717, 1.165) is 55.3 Å². The predicted octanol–water partition coefficient (Wildman–Crippen LogP) is 10.8. The van der Waals surface area contributed by atoms with E-state index >= 15 is 0 Å². The number of fused-ring (bicyclic) bond motifs is 10. The summed E-state index contributed by atoms with van der Waals surface area (Å²) in [6.07, 6.45) is 0. The highest BCUT2D eigenvalue weighted by Gasteiger charge is 2.25. The van der Waals surface area contributed by atoms with Gasteiger partial charge in [0.1, 0.15) is 6.07 Å². The van der Waals surface area contributed by atoms with Gasteiger partial charge < -0.3 is 13.7 Å². The fraction of sp³-hybridized carbons (Fsp3) is 0. The third-order valence-electron chi connectivity index (χ3n) is 9.65. The van der Waals surface area contributed by atoms with Crippen LogP contribution in [-0.4, -0.2) is 13.7 Å². The summed E-state index contributed by atoms with van der Waals surface area (Å²) in [4.78, 5) is 0. The van der Waals surface area contributed by atoms with Gasteiger partial charge >= 0.3 is 0 Å². The molecular weight excluding hydrogens is 573 g/mol.